The lowest BCUT2D eigenvalue weighted by Gasteiger charge is -2.12. The highest BCUT2D eigenvalue weighted by Crippen LogP contribution is 2.17. The van der Waals surface area contributed by atoms with Crippen LogP contribution < -0.4 is 0 Å². The van der Waals surface area contributed by atoms with Crippen LogP contribution in [0.4, 0.5) is 0 Å². The van der Waals surface area contributed by atoms with Crippen molar-refractivity contribution in [2.24, 2.45) is 11.8 Å². The lowest BCUT2D eigenvalue weighted by molar-refractivity contribution is -0.152. The summed E-state index contributed by atoms with van der Waals surface area (Å²) in [6.07, 6.45) is 41.7. The zero-order chi connectivity index (χ0) is 36.8. The van der Waals surface area contributed by atoms with E-state index >= 15 is 0 Å². The number of esters is 2. The van der Waals surface area contributed by atoms with Gasteiger partial charge in [0.1, 0.15) is 19.3 Å². The summed E-state index contributed by atoms with van der Waals surface area (Å²) in [7, 11) is 0. The van der Waals surface area contributed by atoms with Gasteiger partial charge in [0, 0.05) is 12.8 Å². The van der Waals surface area contributed by atoms with Crippen LogP contribution in [0.5, 0.6) is 0 Å². The summed E-state index contributed by atoms with van der Waals surface area (Å²) in [5, 5.41) is 10.0. The molecule has 5 heteroatoms. The number of aliphatic hydroxyl groups excluding tert-OH is 1. The molecule has 50 heavy (non-hydrogen) atoms. The largest absolute Gasteiger partial charge is 0.463 e. The van der Waals surface area contributed by atoms with Crippen LogP contribution in [0, 0.1) is 11.8 Å². The number of ether oxygens (including phenoxy) is 2. The van der Waals surface area contributed by atoms with E-state index in [-0.39, 0.29) is 25.2 Å². The second-order valence-electron chi connectivity index (χ2n) is 16.5. The predicted molar refractivity (Wildman–Crippen MR) is 215 cm³/mol. The van der Waals surface area contributed by atoms with Crippen molar-refractivity contribution in [2.75, 3.05) is 13.2 Å². The van der Waals surface area contributed by atoms with E-state index in [1.54, 1.807) is 0 Å². The zero-order valence-corrected chi connectivity index (χ0v) is 34.3. The standard InChI is InChI=1S/C45H88O5/c1-41(2)35-31-27-23-19-15-11-7-5-6-8-13-17-21-25-29-33-37-44(47)49-39-43(46)40-50-45(48)38-34-30-26-22-18-14-10-9-12-16-20-24-28-32-36-42(3)4/h41-43,46H,5-40H2,1-4H3/t43-/m0/s1. The highest BCUT2D eigenvalue weighted by Gasteiger charge is 2.12. The fraction of sp³-hybridized carbons (Fsp3) is 0.956. The summed E-state index contributed by atoms with van der Waals surface area (Å²) in [5.41, 5.74) is 0. The van der Waals surface area contributed by atoms with Gasteiger partial charge in [-0.2, -0.15) is 0 Å². The number of carbonyl (C=O) groups excluding carboxylic acids is 2. The van der Waals surface area contributed by atoms with Crippen LogP contribution in [0.25, 0.3) is 0 Å². The Morgan fingerprint density at radius 3 is 0.780 bits per heavy atom. The number of hydrogen-bond acceptors (Lipinski definition) is 5. The van der Waals surface area contributed by atoms with Gasteiger partial charge in [-0.3, -0.25) is 9.59 Å². The topological polar surface area (TPSA) is 72.8 Å². The van der Waals surface area contributed by atoms with Crippen molar-refractivity contribution >= 4 is 11.9 Å². The maximum atomic E-state index is 12.0. The molecule has 0 heterocycles. The summed E-state index contributed by atoms with van der Waals surface area (Å²) >= 11 is 0. The van der Waals surface area contributed by atoms with Crippen LogP contribution in [0.2, 0.25) is 0 Å². The summed E-state index contributed by atoms with van der Waals surface area (Å²) in [4.78, 5) is 24.0. The third-order valence-electron chi connectivity index (χ3n) is 10.2. The van der Waals surface area contributed by atoms with Crippen LogP contribution >= 0.6 is 0 Å². The molecule has 0 bridgehead atoms. The third-order valence-corrected chi connectivity index (χ3v) is 10.2. The molecule has 5 nitrogen and oxygen atoms in total. The van der Waals surface area contributed by atoms with Crippen LogP contribution in [0.15, 0.2) is 0 Å². The Morgan fingerprint density at radius 2 is 0.560 bits per heavy atom. The van der Waals surface area contributed by atoms with Gasteiger partial charge >= 0.3 is 11.9 Å². The first-order valence-corrected chi connectivity index (χ1v) is 22.3. The van der Waals surface area contributed by atoms with E-state index in [9.17, 15) is 14.7 Å². The smallest absolute Gasteiger partial charge is 0.305 e. The van der Waals surface area contributed by atoms with Crippen molar-refractivity contribution in [3.8, 4) is 0 Å². The van der Waals surface area contributed by atoms with Gasteiger partial charge in [-0.15, -0.1) is 0 Å². The molecule has 0 aliphatic rings. The summed E-state index contributed by atoms with van der Waals surface area (Å²) in [6.45, 7) is 9.06. The van der Waals surface area contributed by atoms with Crippen molar-refractivity contribution in [3.05, 3.63) is 0 Å². The number of rotatable bonds is 40. The van der Waals surface area contributed by atoms with Crippen molar-refractivity contribution in [3.63, 3.8) is 0 Å². The minimum Gasteiger partial charge on any atom is -0.463 e. The molecule has 1 atom stereocenters. The van der Waals surface area contributed by atoms with Crippen LogP contribution in [0.3, 0.4) is 0 Å². The van der Waals surface area contributed by atoms with Gasteiger partial charge < -0.3 is 14.6 Å². The Bertz CT molecular complexity index is 706. The molecule has 0 amide bonds. The second-order valence-corrected chi connectivity index (χ2v) is 16.5. The first-order chi connectivity index (χ1) is 24.3. The molecule has 0 saturated carbocycles. The van der Waals surface area contributed by atoms with Gasteiger partial charge in [0.05, 0.1) is 0 Å². The molecule has 0 aliphatic heterocycles. The molecule has 0 fully saturated rings. The molecule has 0 unspecified atom stereocenters. The first kappa shape index (κ1) is 48.9. The average Bonchev–Trinajstić information content (AvgIpc) is 3.08. The van der Waals surface area contributed by atoms with Crippen LogP contribution in [-0.2, 0) is 19.1 Å². The highest BCUT2D eigenvalue weighted by molar-refractivity contribution is 5.69. The monoisotopic (exact) mass is 709 g/mol. The second kappa shape index (κ2) is 39.1. The molecule has 0 spiro atoms. The lowest BCUT2D eigenvalue weighted by atomic mass is 10.0. The number of unbranched alkanes of at least 4 members (excludes halogenated alkanes) is 28. The maximum Gasteiger partial charge on any atom is 0.305 e. The lowest BCUT2D eigenvalue weighted by Crippen LogP contribution is -2.25. The average molecular weight is 709 g/mol. The normalized spacial score (nSPS) is 12.2. The molecule has 0 aromatic rings. The van der Waals surface area contributed by atoms with Crippen molar-refractivity contribution in [2.45, 2.75) is 252 Å². The number of aliphatic hydroxyl groups is 1. The fourth-order valence-electron chi connectivity index (χ4n) is 6.81. The van der Waals surface area contributed by atoms with Gasteiger partial charge in [0.25, 0.3) is 0 Å². The summed E-state index contributed by atoms with van der Waals surface area (Å²) in [6, 6.07) is 0. The van der Waals surface area contributed by atoms with Crippen molar-refractivity contribution in [1.82, 2.24) is 0 Å². The number of hydrogen-bond donors (Lipinski definition) is 1. The quantitative estimate of drug-likeness (QED) is 0.0507. The Balaban J connectivity index is 3.36. The summed E-state index contributed by atoms with van der Waals surface area (Å²) < 4.78 is 10.4. The Labute approximate surface area is 312 Å². The van der Waals surface area contributed by atoms with Gasteiger partial charge in [0.2, 0.25) is 0 Å². The maximum absolute atomic E-state index is 12.0. The van der Waals surface area contributed by atoms with Gasteiger partial charge in [-0.1, -0.05) is 220 Å². The van der Waals surface area contributed by atoms with Gasteiger partial charge in [0.15, 0.2) is 0 Å². The first-order valence-electron chi connectivity index (χ1n) is 22.3. The Morgan fingerprint density at radius 1 is 0.360 bits per heavy atom. The fourth-order valence-corrected chi connectivity index (χ4v) is 6.81. The third kappa shape index (κ3) is 41.3. The Hall–Kier alpha value is -1.10. The molecule has 0 aliphatic carbocycles. The van der Waals surface area contributed by atoms with E-state index in [0.29, 0.717) is 12.8 Å². The molecule has 0 aromatic carbocycles. The van der Waals surface area contributed by atoms with E-state index in [4.69, 9.17) is 9.47 Å². The van der Waals surface area contributed by atoms with Gasteiger partial charge in [-0.05, 0) is 24.7 Å². The van der Waals surface area contributed by atoms with E-state index in [1.807, 2.05) is 0 Å². The van der Waals surface area contributed by atoms with E-state index < -0.39 is 6.10 Å². The molecule has 298 valence electrons. The molecule has 1 N–H and O–H groups in total. The Kier molecular flexibility index (Phi) is 38.3. The molecular formula is C45H88O5. The minimum atomic E-state index is -0.956. The van der Waals surface area contributed by atoms with Crippen LogP contribution in [-0.4, -0.2) is 36.4 Å². The molecule has 0 radical (unpaired) electrons. The molecule has 0 aromatic heterocycles. The molecular weight excluding hydrogens is 620 g/mol. The summed E-state index contributed by atoms with van der Waals surface area (Å²) in [5.74, 6) is 1.16. The molecule has 0 rings (SSSR count). The SMILES string of the molecule is CC(C)CCCCCCCCCCCCCCCCCCC(=O)OC[C@H](O)COC(=O)CCCCCCCCCCCCCCCCC(C)C. The minimum absolute atomic E-state index is 0.108. The predicted octanol–water partition coefficient (Wildman–Crippen LogP) is 14.0. The van der Waals surface area contributed by atoms with Gasteiger partial charge in [-0.25, -0.2) is 0 Å². The van der Waals surface area contributed by atoms with Crippen molar-refractivity contribution in [1.29, 1.82) is 0 Å². The van der Waals surface area contributed by atoms with E-state index in [1.165, 1.54) is 180 Å². The van der Waals surface area contributed by atoms with Crippen LogP contribution in [0.1, 0.15) is 246 Å². The van der Waals surface area contributed by atoms with E-state index in [2.05, 4.69) is 27.7 Å². The van der Waals surface area contributed by atoms with E-state index in [0.717, 1.165) is 37.5 Å². The highest BCUT2D eigenvalue weighted by atomic mass is 16.6. The zero-order valence-electron chi connectivity index (χ0n) is 34.3. The van der Waals surface area contributed by atoms with Crippen molar-refractivity contribution < 1.29 is 24.2 Å². The molecule has 0 saturated heterocycles. The number of carbonyl (C=O) groups is 2.